The van der Waals surface area contributed by atoms with Crippen LogP contribution in [0.15, 0.2) is 42.7 Å². The number of hydrogen-bond acceptors (Lipinski definition) is 1. The number of rotatable bonds is 3. The van der Waals surface area contributed by atoms with E-state index in [1.807, 2.05) is 24.5 Å². The van der Waals surface area contributed by atoms with Gasteiger partial charge in [0.25, 0.3) is 0 Å². The minimum absolute atomic E-state index is 0.00833. The minimum Gasteiger partial charge on any atom is -0.265 e. The molecule has 0 bridgehead atoms. The highest BCUT2D eigenvalue weighted by molar-refractivity contribution is 6.21. The minimum atomic E-state index is -0.00833. The molecule has 94 valence electrons. The van der Waals surface area contributed by atoms with E-state index in [0.717, 1.165) is 0 Å². The summed E-state index contributed by atoms with van der Waals surface area (Å²) in [6.07, 6.45) is 3.63. The third kappa shape index (κ3) is 2.91. The highest BCUT2D eigenvalue weighted by Gasteiger charge is 2.18. The van der Waals surface area contributed by atoms with Gasteiger partial charge >= 0.3 is 0 Å². The predicted molar refractivity (Wildman–Crippen MR) is 77.2 cm³/mol. The SMILES string of the molecule is Cc1cc(C)cc(C(Cl)C(C)c2ccncc2)c1. The van der Waals surface area contributed by atoms with Gasteiger partial charge in [-0.1, -0.05) is 36.2 Å². The van der Waals surface area contributed by atoms with Crippen molar-refractivity contribution in [2.24, 2.45) is 0 Å². The van der Waals surface area contributed by atoms with E-state index in [4.69, 9.17) is 11.6 Å². The van der Waals surface area contributed by atoms with Gasteiger partial charge in [0.1, 0.15) is 0 Å². The molecule has 2 heteroatoms. The summed E-state index contributed by atoms with van der Waals surface area (Å²) in [6.45, 7) is 6.37. The second-order valence-electron chi connectivity index (χ2n) is 4.89. The van der Waals surface area contributed by atoms with Gasteiger partial charge in [0.2, 0.25) is 0 Å². The van der Waals surface area contributed by atoms with Gasteiger partial charge in [-0.25, -0.2) is 0 Å². The molecule has 2 atom stereocenters. The van der Waals surface area contributed by atoms with Crippen LogP contribution in [-0.2, 0) is 0 Å². The van der Waals surface area contributed by atoms with Crippen LogP contribution in [0.5, 0.6) is 0 Å². The normalized spacial score (nSPS) is 14.2. The Morgan fingerprint density at radius 1 is 0.944 bits per heavy atom. The van der Waals surface area contributed by atoms with Gasteiger partial charge in [-0.05, 0) is 37.1 Å². The summed E-state index contributed by atoms with van der Waals surface area (Å²) in [5.74, 6) is 0.274. The van der Waals surface area contributed by atoms with E-state index in [1.54, 1.807) is 0 Å². The van der Waals surface area contributed by atoms with Crippen LogP contribution in [0.3, 0.4) is 0 Å². The monoisotopic (exact) mass is 259 g/mol. The molecule has 0 radical (unpaired) electrons. The van der Waals surface area contributed by atoms with Crippen molar-refractivity contribution in [3.8, 4) is 0 Å². The molecule has 0 spiro atoms. The molecule has 0 aliphatic carbocycles. The Morgan fingerprint density at radius 2 is 1.50 bits per heavy atom. The molecule has 0 fully saturated rings. The Hall–Kier alpha value is -1.34. The summed E-state index contributed by atoms with van der Waals surface area (Å²) in [5.41, 5.74) is 4.94. The van der Waals surface area contributed by atoms with Crippen LogP contribution < -0.4 is 0 Å². The molecule has 2 unspecified atom stereocenters. The average molecular weight is 260 g/mol. The second kappa shape index (κ2) is 5.53. The molecule has 0 aliphatic heterocycles. The first-order chi connectivity index (χ1) is 8.58. The molecule has 2 rings (SSSR count). The van der Waals surface area contributed by atoms with Crippen molar-refractivity contribution in [1.82, 2.24) is 4.98 Å². The topological polar surface area (TPSA) is 12.9 Å². The number of hydrogen-bond donors (Lipinski definition) is 0. The maximum Gasteiger partial charge on any atom is 0.0651 e. The van der Waals surface area contributed by atoms with E-state index in [0.29, 0.717) is 0 Å². The fourth-order valence-corrected chi connectivity index (χ4v) is 2.57. The Bertz CT molecular complexity index is 502. The lowest BCUT2D eigenvalue weighted by Crippen LogP contribution is -2.03. The third-order valence-electron chi connectivity index (χ3n) is 3.23. The molecule has 1 aromatic heterocycles. The summed E-state index contributed by atoms with van der Waals surface area (Å²) in [7, 11) is 0. The van der Waals surface area contributed by atoms with Crippen LogP contribution >= 0.6 is 11.6 Å². The first kappa shape index (κ1) is 13.1. The zero-order valence-electron chi connectivity index (χ0n) is 11.0. The number of benzene rings is 1. The molecule has 1 heterocycles. The number of alkyl halides is 1. The number of nitrogens with zero attached hydrogens (tertiary/aromatic N) is 1. The number of halogens is 1. The maximum atomic E-state index is 6.61. The molecule has 18 heavy (non-hydrogen) atoms. The lowest BCUT2D eigenvalue weighted by molar-refractivity contribution is 0.729. The van der Waals surface area contributed by atoms with E-state index in [9.17, 15) is 0 Å². The maximum absolute atomic E-state index is 6.61. The van der Waals surface area contributed by atoms with Crippen molar-refractivity contribution in [1.29, 1.82) is 0 Å². The summed E-state index contributed by atoms with van der Waals surface area (Å²) in [4.78, 5) is 4.05. The van der Waals surface area contributed by atoms with E-state index in [-0.39, 0.29) is 11.3 Å². The fourth-order valence-electron chi connectivity index (χ4n) is 2.29. The van der Waals surface area contributed by atoms with Crippen molar-refractivity contribution < 1.29 is 0 Å². The number of aromatic nitrogens is 1. The lowest BCUT2D eigenvalue weighted by Gasteiger charge is -2.19. The Kier molecular flexibility index (Phi) is 4.03. The number of aryl methyl sites for hydroxylation is 2. The van der Waals surface area contributed by atoms with E-state index in [1.165, 1.54) is 22.3 Å². The average Bonchev–Trinajstić information content (AvgIpc) is 2.37. The smallest absolute Gasteiger partial charge is 0.0651 e. The molecule has 2 aromatic rings. The van der Waals surface area contributed by atoms with E-state index in [2.05, 4.69) is 44.0 Å². The van der Waals surface area contributed by atoms with Gasteiger partial charge in [-0.3, -0.25) is 4.98 Å². The molecule has 1 aromatic carbocycles. The van der Waals surface area contributed by atoms with Crippen molar-refractivity contribution in [3.63, 3.8) is 0 Å². The summed E-state index contributed by atoms with van der Waals surface area (Å²) < 4.78 is 0. The van der Waals surface area contributed by atoms with Crippen LogP contribution in [0.25, 0.3) is 0 Å². The van der Waals surface area contributed by atoms with Crippen LogP contribution in [0, 0.1) is 13.8 Å². The van der Waals surface area contributed by atoms with Gasteiger partial charge in [-0.15, -0.1) is 11.6 Å². The molecule has 0 saturated carbocycles. The van der Waals surface area contributed by atoms with Crippen LogP contribution in [0.2, 0.25) is 0 Å². The Balaban J connectivity index is 2.28. The number of pyridine rings is 1. The fraction of sp³-hybridized carbons (Fsp3) is 0.312. The Labute approximate surface area is 114 Å². The van der Waals surface area contributed by atoms with Crippen molar-refractivity contribution in [3.05, 3.63) is 65.0 Å². The molecule has 0 amide bonds. The van der Waals surface area contributed by atoms with Crippen molar-refractivity contribution in [2.45, 2.75) is 32.1 Å². The van der Waals surface area contributed by atoms with Crippen molar-refractivity contribution >= 4 is 11.6 Å². The first-order valence-electron chi connectivity index (χ1n) is 6.20. The summed E-state index contributed by atoms with van der Waals surface area (Å²) in [5, 5.41) is -0.00833. The molecule has 0 aliphatic rings. The summed E-state index contributed by atoms with van der Waals surface area (Å²) in [6, 6.07) is 10.6. The largest absolute Gasteiger partial charge is 0.265 e. The highest BCUT2D eigenvalue weighted by atomic mass is 35.5. The van der Waals surface area contributed by atoms with Gasteiger partial charge in [0.05, 0.1) is 5.38 Å². The highest BCUT2D eigenvalue weighted by Crippen LogP contribution is 2.36. The van der Waals surface area contributed by atoms with Crippen LogP contribution in [0.1, 0.15) is 40.5 Å². The second-order valence-corrected chi connectivity index (χ2v) is 5.36. The Morgan fingerprint density at radius 3 is 2.06 bits per heavy atom. The molecular formula is C16H18ClN. The lowest BCUT2D eigenvalue weighted by atomic mass is 9.92. The van der Waals surface area contributed by atoms with Crippen molar-refractivity contribution in [2.75, 3.05) is 0 Å². The summed E-state index contributed by atoms with van der Waals surface area (Å²) >= 11 is 6.61. The van der Waals surface area contributed by atoms with Gasteiger partial charge in [0, 0.05) is 18.3 Å². The molecule has 0 saturated heterocycles. The first-order valence-corrected chi connectivity index (χ1v) is 6.64. The standard InChI is InChI=1S/C16H18ClN/c1-11-8-12(2)10-15(9-11)16(17)13(3)14-4-6-18-7-5-14/h4-10,13,16H,1-3H3. The third-order valence-corrected chi connectivity index (χ3v) is 3.86. The van der Waals surface area contributed by atoms with Crippen LogP contribution in [0.4, 0.5) is 0 Å². The molecule has 1 nitrogen and oxygen atoms in total. The van der Waals surface area contributed by atoms with Gasteiger partial charge in [0.15, 0.2) is 0 Å². The predicted octanol–water partition coefficient (Wildman–Crippen LogP) is 4.78. The molecule has 0 N–H and O–H groups in total. The quantitative estimate of drug-likeness (QED) is 0.723. The van der Waals surface area contributed by atoms with E-state index >= 15 is 0 Å². The molecular weight excluding hydrogens is 242 g/mol. The zero-order chi connectivity index (χ0) is 13.1. The van der Waals surface area contributed by atoms with Gasteiger partial charge < -0.3 is 0 Å². The van der Waals surface area contributed by atoms with Crippen LogP contribution in [-0.4, -0.2) is 4.98 Å². The zero-order valence-corrected chi connectivity index (χ0v) is 11.8. The van der Waals surface area contributed by atoms with Gasteiger partial charge in [-0.2, -0.15) is 0 Å². The van der Waals surface area contributed by atoms with E-state index < -0.39 is 0 Å².